The van der Waals surface area contributed by atoms with Gasteiger partial charge in [-0.1, -0.05) is 17.7 Å². The van der Waals surface area contributed by atoms with Gasteiger partial charge < -0.3 is 0 Å². The summed E-state index contributed by atoms with van der Waals surface area (Å²) in [6.07, 6.45) is 1.72. The standard InChI is InChI=1S/C10H8Cl2N2/c11-7-10-4-5-13-14(10)9-3-1-2-8(12)6-9/h1-6H,7H2. The van der Waals surface area contributed by atoms with Crippen LogP contribution in [0.15, 0.2) is 36.5 Å². The van der Waals surface area contributed by atoms with E-state index in [0.29, 0.717) is 10.9 Å². The zero-order valence-corrected chi connectivity index (χ0v) is 8.83. The van der Waals surface area contributed by atoms with Gasteiger partial charge in [-0.2, -0.15) is 5.10 Å². The van der Waals surface area contributed by atoms with Crippen molar-refractivity contribution in [1.29, 1.82) is 0 Å². The molecule has 0 radical (unpaired) electrons. The minimum Gasteiger partial charge on any atom is -0.237 e. The molecule has 0 saturated carbocycles. The fourth-order valence-electron chi connectivity index (χ4n) is 1.27. The van der Waals surface area contributed by atoms with Crippen LogP contribution in [-0.2, 0) is 5.88 Å². The third-order valence-corrected chi connectivity index (χ3v) is 2.42. The molecule has 72 valence electrons. The quantitative estimate of drug-likeness (QED) is 0.720. The zero-order chi connectivity index (χ0) is 9.97. The first-order chi connectivity index (χ1) is 6.81. The van der Waals surface area contributed by atoms with Crippen molar-refractivity contribution in [1.82, 2.24) is 9.78 Å². The van der Waals surface area contributed by atoms with E-state index in [1.807, 2.05) is 30.3 Å². The lowest BCUT2D eigenvalue weighted by Gasteiger charge is -2.04. The van der Waals surface area contributed by atoms with E-state index in [1.165, 1.54) is 0 Å². The number of hydrogen-bond acceptors (Lipinski definition) is 1. The van der Waals surface area contributed by atoms with Crippen LogP contribution in [0.4, 0.5) is 0 Å². The summed E-state index contributed by atoms with van der Waals surface area (Å²) in [6, 6.07) is 9.39. The average Bonchev–Trinajstić information content (AvgIpc) is 2.65. The smallest absolute Gasteiger partial charge is 0.0664 e. The molecule has 1 heterocycles. The van der Waals surface area contributed by atoms with Crippen LogP contribution in [0, 0.1) is 0 Å². The zero-order valence-electron chi connectivity index (χ0n) is 7.32. The maximum atomic E-state index is 5.88. The molecule has 1 aromatic heterocycles. The Balaban J connectivity index is 2.49. The topological polar surface area (TPSA) is 17.8 Å². The predicted octanol–water partition coefficient (Wildman–Crippen LogP) is 3.26. The summed E-state index contributed by atoms with van der Waals surface area (Å²) in [6.45, 7) is 0. The molecule has 0 saturated heterocycles. The van der Waals surface area contributed by atoms with Gasteiger partial charge in [0.2, 0.25) is 0 Å². The highest BCUT2D eigenvalue weighted by Crippen LogP contribution is 2.16. The van der Waals surface area contributed by atoms with E-state index in [1.54, 1.807) is 10.9 Å². The fraction of sp³-hybridized carbons (Fsp3) is 0.100. The monoisotopic (exact) mass is 226 g/mol. The second-order valence-corrected chi connectivity index (χ2v) is 3.55. The predicted molar refractivity (Wildman–Crippen MR) is 58.1 cm³/mol. The van der Waals surface area contributed by atoms with Gasteiger partial charge >= 0.3 is 0 Å². The summed E-state index contributed by atoms with van der Waals surface area (Å²) < 4.78 is 1.78. The molecule has 14 heavy (non-hydrogen) atoms. The Morgan fingerprint density at radius 2 is 2.14 bits per heavy atom. The van der Waals surface area contributed by atoms with Gasteiger partial charge in [0.15, 0.2) is 0 Å². The Hall–Kier alpha value is -0.990. The van der Waals surface area contributed by atoms with E-state index in [4.69, 9.17) is 23.2 Å². The summed E-state index contributed by atoms with van der Waals surface area (Å²) >= 11 is 11.7. The first kappa shape index (κ1) is 9.56. The first-order valence-corrected chi connectivity index (χ1v) is 5.07. The van der Waals surface area contributed by atoms with Crippen molar-refractivity contribution in [3.8, 4) is 5.69 Å². The van der Waals surface area contributed by atoms with Crippen LogP contribution >= 0.6 is 23.2 Å². The third-order valence-electron chi connectivity index (χ3n) is 1.91. The molecule has 2 aromatic rings. The van der Waals surface area contributed by atoms with Gasteiger partial charge in [-0.25, -0.2) is 4.68 Å². The van der Waals surface area contributed by atoms with E-state index < -0.39 is 0 Å². The molecule has 2 nitrogen and oxygen atoms in total. The number of benzene rings is 1. The highest BCUT2D eigenvalue weighted by Gasteiger charge is 2.03. The second kappa shape index (κ2) is 4.03. The van der Waals surface area contributed by atoms with E-state index >= 15 is 0 Å². The van der Waals surface area contributed by atoms with Crippen molar-refractivity contribution in [2.75, 3.05) is 0 Å². The molecule has 0 fully saturated rings. The molecule has 1 aromatic carbocycles. The van der Waals surface area contributed by atoms with Gasteiger partial charge in [-0.05, 0) is 24.3 Å². The lowest BCUT2D eigenvalue weighted by Crippen LogP contribution is -1.99. The van der Waals surface area contributed by atoms with Crippen molar-refractivity contribution in [3.63, 3.8) is 0 Å². The first-order valence-electron chi connectivity index (χ1n) is 4.16. The molecule has 0 unspecified atom stereocenters. The van der Waals surface area contributed by atoms with Crippen molar-refractivity contribution < 1.29 is 0 Å². The van der Waals surface area contributed by atoms with Gasteiger partial charge in [-0.15, -0.1) is 11.6 Å². The number of nitrogens with zero attached hydrogens (tertiary/aromatic N) is 2. The molecule has 0 spiro atoms. The SMILES string of the molecule is ClCc1ccnn1-c1cccc(Cl)c1. The largest absolute Gasteiger partial charge is 0.237 e. The van der Waals surface area contributed by atoms with E-state index in [0.717, 1.165) is 11.4 Å². The van der Waals surface area contributed by atoms with Gasteiger partial charge in [0, 0.05) is 11.2 Å². The van der Waals surface area contributed by atoms with Gasteiger partial charge in [-0.3, -0.25) is 0 Å². The molecule has 0 aliphatic carbocycles. The van der Waals surface area contributed by atoms with Crippen molar-refractivity contribution in [3.05, 3.63) is 47.2 Å². The maximum Gasteiger partial charge on any atom is 0.0664 e. The molecule has 0 aliphatic rings. The molecule has 2 rings (SSSR count). The lowest BCUT2D eigenvalue weighted by molar-refractivity contribution is 0.840. The van der Waals surface area contributed by atoms with Crippen LogP contribution in [0.2, 0.25) is 5.02 Å². The van der Waals surface area contributed by atoms with Crippen molar-refractivity contribution in [2.45, 2.75) is 5.88 Å². The van der Waals surface area contributed by atoms with Gasteiger partial charge in [0.1, 0.15) is 0 Å². The molecule has 0 aliphatic heterocycles. The lowest BCUT2D eigenvalue weighted by atomic mass is 10.3. The highest BCUT2D eigenvalue weighted by atomic mass is 35.5. The van der Waals surface area contributed by atoms with Gasteiger partial charge in [0.05, 0.1) is 17.3 Å². The molecule has 0 bridgehead atoms. The molecule has 0 atom stereocenters. The van der Waals surface area contributed by atoms with Crippen LogP contribution in [0.1, 0.15) is 5.69 Å². The van der Waals surface area contributed by atoms with Gasteiger partial charge in [0.25, 0.3) is 0 Å². The summed E-state index contributed by atoms with van der Waals surface area (Å²) in [5.41, 5.74) is 1.88. The Labute approximate surface area is 92.1 Å². The minimum absolute atomic E-state index is 0.437. The maximum absolute atomic E-state index is 5.88. The summed E-state index contributed by atoms with van der Waals surface area (Å²) in [5, 5.41) is 4.87. The third kappa shape index (κ3) is 1.76. The highest BCUT2D eigenvalue weighted by molar-refractivity contribution is 6.30. The second-order valence-electron chi connectivity index (χ2n) is 2.85. The molecule has 4 heteroatoms. The van der Waals surface area contributed by atoms with Crippen LogP contribution in [0.5, 0.6) is 0 Å². The Bertz CT molecular complexity index is 437. The molecule has 0 N–H and O–H groups in total. The summed E-state index contributed by atoms with van der Waals surface area (Å²) in [7, 11) is 0. The van der Waals surface area contributed by atoms with E-state index in [9.17, 15) is 0 Å². The normalized spacial score (nSPS) is 10.4. The van der Waals surface area contributed by atoms with Crippen LogP contribution in [-0.4, -0.2) is 9.78 Å². The molecular formula is C10H8Cl2N2. The van der Waals surface area contributed by atoms with Crippen LogP contribution in [0.25, 0.3) is 5.69 Å². The Morgan fingerprint density at radius 1 is 1.29 bits per heavy atom. The minimum atomic E-state index is 0.437. The number of halogens is 2. The van der Waals surface area contributed by atoms with E-state index in [-0.39, 0.29) is 0 Å². The van der Waals surface area contributed by atoms with Crippen LogP contribution < -0.4 is 0 Å². The van der Waals surface area contributed by atoms with Crippen molar-refractivity contribution >= 4 is 23.2 Å². The van der Waals surface area contributed by atoms with Crippen LogP contribution in [0.3, 0.4) is 0 Å². The van der Waals surface area contributed by atoms with Crippen molar-refractivity contribution in [2.24, 2.45) is 0 Å². The number of hydrogen-bond donors (Lipinski definition) is 0. The molecule has 0 amide bonds. The van der Waals surface area contributed by atoms with E-state index in [2.05, 4.69) is 5.10 Å². The average molecular weight is 227 g/mol. The number of rotatable bonds is 2. The Kier molecular flexibility index (Phi) is 2.75. The number of aromatic nitrogens is 2. The number of alkyl halides is 1. The summed E-state index contributed by atoms with van der Waals surface area (Å²) in [5.74, 6) is 0.437. The fourth-order valence-corrected chi connectivity index (χ4v) is 1.66. The summed E-state index contributed by atoms with van der Waals surface area (Å²) in [4.78, 5) is 0. The Morgan fingerprint density at radius 3 is 2.86 bits per heavy atom. The molecular weight excluding hydrogens is 219 g/mol.